The third-order valence-electron chi connectivity index (χ3n) is 2.98. The first kappa shape index (κ1) is 14.1. The first-order valence-electron chi connectivity index (χ1n) is 6.63. The summed E-state index contributed by atoms with van der Waals surface area (Å²) in [5, 5.41) is 2.74. The number of nitrogens with one attached hydrogen (secondary N) is 1. The van der Waals surface area contributed by atoms with Crippen molar-refractivity contribution in [1.29, 1.82) is 0 Å². The van der Waals surface area contributed by atoms with Gasteiger partial charge in [0.05, 0.1) is 0 Å². The van der Waals surface area contributed by atoms with E-state index in [4.69, 9.17) is 4.74 Å². The fraction of sp³-hybridized carbons (Fsp3) is 0.250. The molecule has 1 aromatic heterocycles. The molecule has 1 amide bonds. The van der Waals surface area contributed by atoms with Gasteiger partial charge in [0, 0.05) is 6.20 Å². The Hall–Kier alpha value is -2.36. The lowest BCUT2D eigenvalue weighted by atomic mass is 10.1. The molecule has 0 aliphatic rings. The van der Waals surface area contributed by atoms with Crippen LogP contribution in [0.15, 0.2) is 42.6 Å². The van der Waals surface area contributed by atoms with Crippen LogP contribution < -0.4 is 10.1 Å². The minimum Gasteiger partial charge on any atom is -0.483 e. The maximum Gasteiger partial charge on any atom is 0.263 e. The third-order valence-corrected chi connectivity index (χ3v) is 2.98. The summed E-state index contributed by atoms with van der Waals surface area (Å²) in [6.45, 7) is 3.93. The Balaban J connectivity index is 1.94. The van der Waals surface area contributed by atoms with E-state index in [0.717, 1.165) is 23.3 Å². The molecule has 0 radical (unpaired) electrons. The van der Waals surface area contributed by atoms with Crippen LogP contribution in [-0.2, 0) is 11.2 Å². The van der Waals surface area contributed by atoms with E-state index < -0.39 is 0 Å². The van der Waals surface area contributed by atoms with Crippen LogP contribution in [0.3, 0.4) is 0 Å². The van der Waals surface area contributed by atoms with Crippen LogP contribution >= 0.6 is 0 Å². The molecule has 0 saturated heterocycles. The zero-order valence-corrected chi connectivity index (χ0v) is 11.7. The normalized spacial score (nSPS) is 10.1. The molecule has 1 heterocycles. The average Bonchev–Trinajstić information content (AvgIpc) is 2.48. The smallest absolute Gasteiger partial charge is 0.263 e. The van der Waals surface area contributed by atoms with Crippen molar-refractivity contribution < 1.29 is 9.53 Å². The predicted octanol–water partition coefficient (Wildman–Crippen LogP) is 2.97. The summed E-state index contributed by atoms with van der Waals surface area (Å²) in [5.74, 6) is 1.12. The first-order chi connectivity index (χ1) is 9.70. The van der Waals surface area contributed by atoms with Gasteiger partial charge >= 0.3 is 0 Å². The number of nitrogens with zero attached hydrogens (tertiary/aromatic N) is 1. The number of carbonyl (C=O) groups is 1. The standard InChI is InChI=1S/C16H18N2O2/c1-3-13-8-4-5-9-14(13)20-11-15(19)18-16-12(2)7-6-10-17-16/h4-10H,3,11H2,1-2H3,(H,17,18,19). The second-order valence-corrected chi connectivity index (χ2v) is 4.47. The molecule has 0 fully saturated rings. The summed E-state index contributed by atoms with van der Waals surface area (Å²) in [6.07, 6.45) is 2.52. The van der Waals surface area contributed by atoms with Gasteiger partial charge < -0.3 is 10.1 Å². The summed E-state index contributed by atoms with van der Waals surface area (Å²) < 4.78 is 5.56. The number of pyridine rings is 1. The highest BCUT2D eigenvalue weighted by Gasteiger charge is 2.07. The highest BCUT2D eigenvalue weighted by Crippen LogP contribution is 2.18. The van der Waals surface area contributed by atoms with Gasteiger partial charge in [0.1, 0.15) is 11.6 Å². The summed E-state index contributed by atoms with van der Waals surface area (Å²) >= 11 is 0. The molecule has 1 aromatic carbocycles. The summed E-state index contributed by atoms with van der Waals surface area (Å²) in [7, 11) is 0. The Morgan fingerprint density at radius 3 is 2.80 bits per heavy atom. The second kappa shape index (κ2) is 6.70. The number of amides is 1. The van der Waals surface area contributed by atoms with E-state index in [-0.39, 0.29) is 12.5 Å². The molecule has 0 bridgehead atoms. The van der Waals surface area contributed by atoms with Crippen LogP contribution in [0.5, 0.6) is 5.75 Å². The lowest BCUT2D eigenvalue weighted by Gasteiger charge is -2.11. The van der Waals surface area contributed by atoms with Gasteiger partial charge in [0.25, 0.3) is 5.91 Å². The molecular formula is C16H18N2O2. The van der Waals surface area contributed by atoms with Gasteiger partial charge in [-0.15, -0.1) is 0 Å². The predicted molar refractivity (Wildman–Crippen MR) is 78.9 cm³/mol. The minimum absolute atomic E-state index is 0.0208. The molecule has 4 nitrogen and oxygen atoms in total. The van der Waals surface area contributed by atoms with Crippen LogP contribution in [0.1, 0.15) is 18.1 Å². The van der Waals surface area contributed by atoms with Crippen molar-refractivity contribution in [1.82, 2.24) is 4.98 Å². The van der Waals surface area contributed by atoms with Crippen LogP contribution in [0.4, 0.5) is 5.82 Å². The second-order valence-electron chi connectivity index (χ2n) is 4.47. The van der Waals surface area contributed by atoms with Crippen molar-refractivity contribution in [2.24, 2.45) is 0 Å². The van der Waals surface area contributed by atoms with Gasteiger partial charge in [-0.25, -0.2) is 4.98 Å². The lowest BCUT2D eigenvalue weighted by molar-refractivity contribution is -0.118. The molecule has 0 saturated carbocycles. The van der Waals surface area contributed by atoms with Gasteiger partial charge in [0.15, 0.2) is 6.61 Å². The molecule has 104 valence electrons. The SMILES string of the molecule is CCc1ccccc1OCC(=O)Nc1ncccc1C. The van der Waals surface area contributed by atoms with E-state index in [1.54, 1.807) is 6.20 Å². The number of aromatic nitrogens is 1. The zero-order chi connectivity index (χ0) is 14.4. The molecule has 20 heavy (non-hydrogen) atoms. The Morgan fingerprint density at radius 2 is 2.05 bits per heavy atom. The quantitative estimate of drug-likeness (QED) is 0.908. The zero-order valence-electron chi connectivity index (χ0n) is 11.7. The molecule has 1 N–H and O–H groups in total. The van der Waals surface area contributed by atoms with Crippen molar-refractivity contribution in [3.8, 4) is 5.75 Å². The van der Waals surface area contributed by atoms with Gasteiger partial charge in [0.2, 0.25) is 0 Å². The van der Waals surface area contributed by atoms with Crippen LogP contribution in [0.2, 0.25) is 0 Å². The Labute approximate surface area is 118 Å². The van der Waals surface area contributed by atoms with Crippen molar-refractivity contribution in [2.75, 3.05) is 11.9 Å². The van der Waals surface area contributed by atoms with E-state index in [9.17, 15) is 4.79 Å². The number of anilines is 1. The number of rotatable bonds is 5. The molecule has 4 heteroatoms. The minimum atomic E-state index is -0.210. The number of ether oxygens (including phenoxy) is 1. The van der Waals surface area contributed by atoms with Crippen LogP contribution in [0, 0.1) is 6.92 Å². The molecule has 0 spiro atoms. The molecular weight excluding hydrogens is 252 g/mol. The number of hydrogen-bond acceptors (Lipinski definition) is 3. The van der Waals surface area contributed by atoms with Gasteiger partial charge in [-0.3, -0.25) is 4.79 Å². The summed E-state index contributed by atoms with van der Waals surface area (Å²) in [4.78, 5) is 16.0. The third kappa shape index (κ3) is 3.57. The maximum atomic E-state index is 11.9. The number of benzene rings is 1. The van der Waals surface area contributed by atoms with E-state index in [1.165, 1.54) is 0 Å². The molecule has 0 unspecified atom stereocenters. The van der Waals surface area contributed by atoms with E-state index in [2.05, 4.69) is 17.2 Å². The van der Waals surface area contributed by atoms with E-state index in [1.807, 2.05) is 43.3 Å². The van der Waals surface area contributed by atoms with Gasteiger partial charge in [-0.2, -0.15) is 0 Å². The molecule has 0 aliphatic heterocycles. The number of carbonyl (C=O) groups excluding carboxylic acids is 1. The maximum absolute atomic E-state index is 11.9. The number of hydrogen-bond donors (Lipinski definition) is 1. The Morgan fingerprint density at radius 1 is 1.25 bits per heavy atom. The van der Waals surface area contributed by atoms with Crippen LogP contribution in [0.25, 0.3) is 0 Å². The Bertz CT molecular complexity index is 597. The lowest BCUT2D eigenvalue weighted by Crippen LogP contribution is -2.21. The molecule has 2 aromatic rings. The summed E-state index contributed by atoms with van der Waals surface area (Å²) in [6, 6.07) is 11.5. The molecule has 0 atom stereocenters. The fourth-order valence-electron chi connectivity index (χ4n) is 1.86. The number of para-hydroxylation sites is 1. The Kier molecular flexibility index (Phi) is 4.71. The van der Waals surface area contributed by atoms with Gasteiger partial charge in [-0.1, -0.05) is 31.2 Å². The van der Waals surface area contributed by atoms with Crippen molar-refractivity contribution in [3.63, 3.8) is 0 Å². The van der Waals surface area contributed by atoms with Crippen molar-refractivity contribution in [2.45, 2.75) is 20.3 Å². The monoisotopic (exact) mass is 270 g/mol. The summed E-state index contributed by atoms with van der Waals surface area (Å²) in [5.41, 5.74) is 2.02. The molecule has 2 rings (SSSR count). The van der Waals surface area contributed by atoms with Crippen LogP contribution in [-0.4, -0.2) is 17.5 Å². The van der Waals surface area contributed by atoms with E-state index >= 15 is 0 Å². The van der Waals surface area contributed by atoms with Crippen molar-refractivity contribution in [3.05, 3.63) is 53.7 Å². The van der Waals surface area contributed by atoms with E-state index in [0.29, 0.717) is 5.82 Å². The fourth-order valence-corrected chi connectivity index (χ4v) is 1.86. The van der Waals surface area contributed by atoms with Gasteiger partial charge in [-0.05, 0) is 36.6 Å². The number of aryl methyl sites for hydroxylation is 2. The highest BCUT2D eigenvalue weighted by molar-refractivity contribution is 5.91. The largest absolute Gasteiger partial charge is 0.483 e. The average molecular weight is 270 g/mol. The highest BCUT2D eigenvalue weighted by atomic mass is 16.5. The topological polar surface area (TPSA) is 51.2 Å². The first-order valence-corrected chi connectivity index (χ1v) is 6.63. The van der Waals surface area contributed by atoms with Crippen molar-refractivity contribution >= 4 is 11.7 Å². The molecule has 0 aliphatic carbocycles.